The van der Waals surface area contributed by atoms with Crippen LogP contribution in [-0.2, 0) is 0 Å². The van der Waals surface area contributed by atoms with Gasteiger partial charge in [-0.25, -0.2) is 0 Å². The van der Waals surface area contributed by atoms with Gasteiger partial charge in [-0.15, -0.1) is 0 Å². The molecule has 0 spiro atoms. The van der Waals surface area contributed by atoms with Crippen LogP contribution in [0.25, 0.3) is 0 Å². The number of halogens is 1. The van der Waals surface area contributed by atoms with E-state index in [1.165, 1.54) is 24.5 Å². The molecule has 2 rings (SSSR count). The maximum Gasteiger partial charge on any atom is 0.277 e. The predicted octanol–water partition coefficient (Wildman–Crippen LogP) is 2.29. The lowest BCUT2D eigenvalue weighted by molar-refractivity contribution is 0.101. The van der Waals surface area contributed by atoms with Crippen molar-refractivity contribution in [3.63, 3.8) is 0 Å². The number of benzene rings is 1. The number of hydrogen-bond donors (Lipinski definition) is 2. The minimum atomic E-state index is -0.466. The highest BCUT2D eigenvalue weighted by molar-refractivity contribution is 6.30. The van der Waals surface area contributed by atoms with E-state index in [1.54, 1.807) is 6.07 Å². The Morgan fingerprint density at radius 3 is 2.88 bits per heavy atom. The molecular weight excluding hydrogens is 232 g/mol. The highest BCUT2D eigenvalue weighted by Gasteiger charge is 2.11. The normalized spacial score (nSPS) is 10.1. The van der Waals surface area contributed by atoms with E-state index in [-0.39, 0.29) is 17.1 Å². The molecule has 1 aromatic carbocycles. The number of hydrogen-bond acceptors (Lipinski definition) is 4. The van der Waals surface area contributed by atoms with Crippen LogP contribution in [0.2, 0.25) is 5.02 Å². The fourth-order valence-corrected chi connectivity index (χ4v) is 1.29. The molecule has 6 heteroatoms. The molecule has 1 aromatic heterocycles. The highest BCUT2D eigenvalue weighted by atomic mass is 35.5. The van der Waals surface area contributed by atoms with E-state index in [0.717, 1.165) is 0 Å². The third-order valence-corrected chi connectivity index (χ3v) is 2.11. The Morgan fingerprint density at radius 2 is 2.25 bits per heavy atom. The molecule has 0 bridgehead atoms. The van der Waals surface area contributed by atoms with Gasteiger partial charge >= 0.3 is 0 Å². The lowest BCUT2D eigenvalue weighted by atomic mass is 10.3. The van der Waals surface area contributed by atoms with Crippen LogP contribution < -0.4 is 5.32 Å². The van der Waals surface area contributed by atoms with E-state index < -0.39 is 5.91 Å². The van der Waals surface area contributed by atoms with Crippen molar-refractivity contribution >= 4 is 23.2 Å². The summed E-state index contributed by atoms with van der Waals surface area (Å²) in [5.41, 5.74) is 0.395. The van der Waals surface area contributed by atoms with Gasteiger partial charge in [0.05, 0.1) is 5.69 Å². The molecule has 0 aliphatic heterocycles. The molecule has 5 nitrogen and oxygen atoms in total. The van der Waals surface area contributed by atoms with Crippen LogP contribution in [-0.4, -0.2) is 16.2 Å². The van der Waals surface area contributed by atoms with Gasteiger partial charge in [0.1, 0.15) is 12.0 Å². The Morgan fingerprint density at radius 1 is 1.44 bits per heavy atom. The number of anilines is 1. The minimum Gasteiger partial charge on any atom is -0.506 e. The number of rotatable bonds is 2. The Balaban J connectivity index is 2.18. The number of nitrogens with one attached hydrogen (secondary N) is 1. The van der Waals surface area contributed by atoms with Gasteiger partial charge in [-0.2, -0.15) is 0 Å². The summed E-state index contributed by atoms with van der Waals surface area (Å²) in [7, 11) is 0. The number of aromatic nitrogens is 1. The first kappa shape index (κ1) is 10.5. The van der Waals surface area contributed by atoms with Crippen LogP contribution in [0.4, 0.5) is 5.69 Å². The van der Waals surface area contributed by atoms with E-state index in [9.17, 15) is 9.90 Å². The third kappa shape index (κ3) is 2.14. The number of aromatic hydroxyl groups is 1. The lowest BCUT2D eigenvalue weighted by Crippen LogP contribution is -2.12. The summed E-state index contributed by atoms with van der Waals surface area (Å²) >= 11 is 5.65. The van der Waals surface area contributed by atoms with Gasteiger partial charge in [0.15, 0.2) is 5.69 Å². The summed E-state index contributed by atoms with van der Waals surface area (Å²) in [5.74, 6) is -0.573. The van der Waals surface area contributed by atoms with Crippen LogP contribution in [0.1, 0.15) is 10.5 Å². The summed E-state index contributed by atoms with van der Waals surface area (Å²) in [5, 5.41) is 15.8. The van der Waals surface area contributed by atoms with E-state index >= 15 is 0 Å². The van der Waals surface area contributed by atoms with Crippen molar-refractivity contribution in [3.05, 3.63) is 41.2 Å². The molecule has 1 heterocycles. The van der Waals surface area contributed by atoms with Crippen LogP contribution in [0.15, 0.2) is 35.1 Å². The molecule has 0 unspecified atom stereocenters. The first-order chi connectivity index (χ1) is 7.66. The minimum absolute atomic E-state index is 0.107. The molecule has 0 saturated heterocycles. The largest absolute Gasteiger partial charge is 0.506 e. The smallest absolute Gasteiger partial charge is 0.277 e. The van der Waals surface area contributed by atoms with Gasteiger partial charge < -0.3 is 14.9 Å². The maximum atomic E-state index is 11.5. The van der Waals surface area contributed by atoms with Crippen molar-refractivity contribution in [2.75, 3.05) is 5.32 Å². The van der Waals surface area contributed by atoms with Crippen molar-refractivity contribution < 1.29 is 14.4 Å². The lowest BCUT2D eigenvalue weighted by Gasteiger charge is -2.05. The van der Waals surface area contributed by atoms with Gasteiger partial charge in [0.25, 0.3) is 5.91 Å². The monoisotopic (exact) mass is 238 g/mol. The molecule has 0 aliphatic carbocycles. The number of carbonyl (C=O) groups excluding carboxylic acids is 1. The van der Waals surface area contributed by atoms with E-state index in [4.69, 9.17) is 11.6 Å². The zero-order valence-corrected chi connectivity index (χ0v) is 8.73. The average molecular weight is 239 g/mol. The van der Waals surface area contributed by atoms with Crippen LogP contribution in [0.3, 0.4) is 0 Å². The van der Waals surface area contributed by atoms with E-state index in [1.807, 2.05) is 0 Å². The molecule has 0 aliphatic rings. The van der Waals surface area contributed by atoms with Gasteiger partial charge in [-0.3, -0.25) is 4.79 Å². The first-order valence-electron chi connectivity index (χ1n) is 4.37. The average Bonchev–Trinajstić information content (AvgIpc) is 2.75. The van der Waals surface area contributed by atoms with Crippen LogP contribution in [0.5, 0.6) is 5.75 Å². The van der Waals surface area contributed by atoms with Crippen molar-refractivity contribution in [1.82, 2.24) is 5.16 Å². The molecule has 2 N–H and O–H groups in total. The number of nitrogens with zero attached hydrogens (tertiary/aromatic N) is 1. The summed E-state index contributed by atoms with van der Waals surface area (Å²) < 4.78 is 4.53. The predicted molar refractivity (Wildman–Crippen MR) is 57.6 cm³/mol. The van der Waals surface area contributed by atoms with Gasteiger partial charge in [-0.1, -0.05) is 16.8 Å². The standard InChI is InChI=1S/C10H7ClN2O3/c11-6-1-2-7(9(14)5-6)12-10(15)8-3-4-16-13-8/h1-5,14H,(H,12,15). The quantitative estimate of drug-likeness (QED) is 0.787. The Labute approximate surface area is 95.6 Å². The fraction of sp³-hybridized carbons (Fsp3) is 0. The Kier molecular flexibility index (Phi) is 2.78. The summed E-state index contributed by atoms with van der Waals surface area (Å²) in [6, 6.07) is 5.80. The van der Waals surface area contributed by atoms with Crippen molar-refractivity contribution in [3.8, 4) is 5.75 Å². The van der Waals surface area contributed by atoms with Crippen molar-refractivity contribution in [1.29, 1.82) is 0 Å². The Bertz CT molecular complexity index is 511. The summed E-state index contributed by atoms with van der Waals surface area (Å²) in [6.45, 7) is 0. The fourth-order valence-electron chi connectivity index (χ4n) is 1.13. The number of phenols is 1. The molecule has 2 aromatic rings. The van der Waals surface area contributed by atoms with Crippen molar-refractivity contribution in [2.24, 2.45) is 0 Å². The molecular formula is C10H7ClN2O3. The molecule has 1 amide bonds. The second-order valence-corrected chi connectivity index (χ2v) is 3.44. The number of phenolic OH excluding ortho intramolecular Hbond substituents is 1. The molecule has 0 saturated carbocycles. The summed E-state index contributed by atoms with van der Waals surface area (Å²) in [4.78, 5) is 11.5. The molecule has 0 fully saturated rings. The molecule has 0 atom stereocenters. The van der Waals surface area contributed by atoms with E-state index in [2.05, 4.69) is 15.0 Å². The third-order valence-electron chi connectivity index (χ3n) is 1.88. The molecule has 0 radical (unpaired) electrons. The second kappa shape index (κ2) is 4.24. The SMILES string of the molecule is O=C(Nc1ccc(Cl)cc1O)c1ccon1. The molecule has 82 valence electrons. The zero-order chi connectivity index (χ0) is 11.5. The van der Waals surface area contributed by atoms with Crippen molar-refractivity contribution in [2.45, 2.75) is 0 Å². The van der Waals surface area contributed by atoms with Crippen LogP contribution in [0, 0.1) is 0 Å². The van der Waals surface area contributed by atoms with Gasteiger partial charge in [0.2, 0.25) is 0 Å². The number of amides is 1. The zero-order valence-electron chi connectivity index (χ0n) is 7.98. The molecule has 16 heavy (non-hydrogen) atoms. The first-order valence-corrected chi connectivity index (χ1v) is 4.75. The topological polar surface area (TPSA) is 75.4 Å². The second-order valence-electron chi connectivity index (χ2n) is 3.00. The maximum absolute atomic E-state index is 11.5. The van der Waals surface area contributed by atoms with Gasteiger partial charge in [0, 0.05) is 17.2 Å². The van der Waals surface area contributed by atoms with Gasteiger partial charge in [-0.05, 0) is 12.1 Å². The summed E-state index contributed by atoms with van der Waals surface area (Å²) in [6.07, 6.45) is 1.29. The van der Waals surface area contributed by atoms with E-state index in [0.29, 0.717) is 5.02 Å². The Hall–Kier alpha value is -2.01. The number of carbonyl (C=O) groups is 1. The highest BCUT2D eigenvalue weighted by Crippen LogP contribution is 2.26. The van der Waals surface area contributed by atoms with Crippen LogP contribution >= 0.6 is 11.6 Å².